The SMILES string of the molecule is C#CCCNCCC(N)(Cc1ccccc1)Cc1ccccc1. The molecule has 0 unspecified atom stereocenters. The van der Waals surface area contributed by atoms with Gasteiger partial charge in [0, 0.05) is 18.5 Å². The van der Waals surface area contributed by atoms with Crippen LogP contribution in [0.15, 0.2) is 60.7 Å². The van der Waals surface area contributed by atoms with Crippen LogP contribution in [0.3, 0.4) is 0 Å². The van der Waals surface area contributed by atoms with Gasteiger partial charge in [-0.2, -0.15) is 0 Å². The number of terminal acetylenes is 1. The Morgan fingerprint density at radius 2 is 1.39 bits per heavy atom. The topological polar surface area (TPSA) is 38.0 Å². The summed E-state index contributed by atoms with van der Waals surface area (Å²) in [5, 5.41) is 3.39. The fourth-order valence-electron chi connectivity index (χ4n) is 2.87. The van der Waals surface area contributed by atoms with Gasteiger partial charge in [0.25, 0.3) is 0 Å². The normalized spacial score (nSPS) is 11.1. The molecule has 0 spiro atoms. The summed E-state index contributed by atoms with van der Waals surface area (Å²) in [4.78, 5) is 0. The number of benzene rings is 2. The lowest BCUT2D eigenvalue weighted by Gasteiger charge is -2.30. The average molecular weight is 306 g/mol. The van der Waals surface area contributed by atoms with Crippen LogP contribution in [0.5, 0.6) is 0 Å². The molecule has 2 rings (SSSR count). The van der Waals surface area contributed by atoms with Crippen molar-refractivity contribution in [2.45, 2.75) is 31.2 Å². The molecule has 0 aliphatic rings. The summed E-state index contributed by atoms with van der Waals surface area (Å²) in [7, 11) is 0. The highest BCUT2D eigenvalue weighted by Gasteiger charge is 2.25. The van der Waals surface area contributed by atoms with Gasteiger partial charge in [-0.1, -0.05) is 60.7 Å². The second-order valence-electron chi connectivity index (χ2n) is 6.14. The zero-order valence-corrected chi connectivity index (χ0v) is 13.7. The van der Waals surface area contributed by atoms with Crippen LogP contribution in [0.4, 0.5) is 0 Å². The first-order valence-electron chi connectivity index (χ1n) is 8.23. The molecule has 0 saturated carbocycles. The highest BCUT2D eigenvalue weighted by atomic mass is 14.9. The Bertz CT molecular complexity index is 557. The van der Waals surface area contributed by atoms with Crippen LogP contribution in [0, 0.1) is 12.3 Å². The van der Waals surface area contributed by atoms with Gasteiger partial charge in [0.15, 0.2) is 0 Å². The van der Waals surface area contributed by atoms with Crippen molar-refractivity contribution in [2.75, 3.05) is 13.1 Å². The predicted molar refractivity (Wildman–Crippen MR) is 98.1 cm³/mol. The lowest BCUT2D eigenvalue weighted by atomic mass is 9.83. The molecule has 0 fully saturated rings. The van der Waals surface area contributed by atoms with E-state index in [4.69, 9.17) is 12.2 Å². The van der Waals surface area contributed by atoms with E-state index in [1.54, 1.807) is 0 Å². The number of nitrogens with one attached hydrogen (secondary N) is 1. The fraction of sp³-hybridized carbons (Fsp3) is 0.333. The van der Waals surface area contributed by atoms with Gasteiger partial charge in [-0.3, -0.25) is 0 Å². The minimum Gasteiger partial charge on any atom is -0.324 e. The predicted octanol–water partition coefficient (Wildman–Crippen LogP) is 3.17. The van der Waals surface area contributed by atoms with Crippen LogP contribution < -0.4 is 11.1 Å². The van der Waals surface area contributed by atoms with Gasteiger partial charge in [0.2, 0.25) is 0 Å². The summed E-state index contributed by atoms with van der Waals surface area (Å²) in [5.74, 6) is 2.65. The van der Waals surface area contributed by atoms with E-state index in [0.717, 1.165) is 38.8 Å². The average Bonchev–Trinajstić information content (AvgIpc) is 2.56. The molecular weight excluding hydrogens is 280 g/mol. The maximum absolute atomic E-state index is 6.80. The summed E-state index contributed by atoms with van der Waals surface area (Å²) >= 11 is 0. The summed E-state index contributed by atoms with van der Waals surface area (Å²) in [6.45, 7) is 1.74. The molecule has 0 heterocycles. The fourth-order valence-corrected chi connectivity index (χ4v) is 2.87. The van der Waals surface area contributed by atoms with Crippen LogP contribution in [-0.4, -0.2) is 18.6 Å². The summed E-state index contributed by atoms with van der Waals surface area (Å²) < 4.78 is 0. The van der Waals surface area contributed by atoms with Gasteiger partial charge in [-0.15, -0.1) is 12.3 Å². The standard InChI is InChI=1S/C21H26N2/c1-2-3-15-23-16-14-21(22,17-19-10-6-4-7-11-19)18-20-12-8-5-9-13-20/h1,4-13,23H,3,14-18,22H2. The molecular formula is C21H26N2. The first kappa shape index (κ1) is 17.3. The lowest BCUT2D eigenvalue weighted by molar-refractivity contribution is 0.378. The van der Waals surface area contributed by atoms with Gasteiger partial charge in [-0.05, 0) is 36.9 Å². The van der Waals surface area contributed by atoms with Crippen LogP contribution in [0.1, 0.15) is 24.0 Å². The summed E-state index contributed by atoms with van der Waals surface area (Å²) in [6, 6.07) is 21.0. The van der Waals surface area contributed by atoms with E-state index >= 15 is 0 Å². The molecule has 2 nitrogen and oxygen atoms in total. The van der Waals surface area contributed by atoms with Crippen molar-refractivity contribution >= 4 is 0 Å². The van der Waals surface area contributed by atoms with E-state index in [0.29, 0.717) is 0 Å². The monoisotopic (exact) mass is 306 g/mol. The van der Waals surface area contributed by atoms with Crippen LogP contribution >= 0.6 is 0 Å². The highest BCUT2D eigenvalue weighted by Crippen LogP contribution is 2.20. The maximum Gasteiger partial charge on any atom is 0.0248 e. The van der Waals surface area contributed by atoms with E-state index in [-0.39, 0.29) is 5.54 Å². The summed E-state index contributed by atoms with van der Waals surface area (Å²) in [5.41, 5.74) is 9.11. The van der Waals surface area contributed by atoms with Gasteiger partial charge in [-0.25, -0.2) is 0 Å². The van der Waals surface area contributed by atoms with Gasteiger partial charge in [0.05, 0.1) is 0 Å². The van der Waals surface area contributed by atoms with Crippen molar-refractivity contribution in [3.8, 4) is 12.3 Å². The molecule has 23 heavy (non-hydrogen) atoms. The molecule has 0 radical (unpaired) electrons. The second-order valence-corrected chi connectivity index (χ2v) is 6.14. The molecule has 120 valence electrons. The molecule has 0 saturated heterocycles. The third-order valence-corrected chi connectivity index (χ3v) is 4.04. The van der Waals surface area contributed by atoms with Gasteiger partial charge < -0.3 is 11.1 Å². The lowest BCUT2D eigenvalue weighted by Crippen LogP contribution is -2.46. The smallest absolute Gasteiger partial charge is 0.0248 e. The largest absolute Gasteiger partial charge is 0.324 e. The molecule has 2 aromatic carbocycles. The molecule has 0 aromatic heterocycles. The minimum atomic E-state index is -0.258. The van der Waals surface area contributed by atoms with Crippen LogP contribution in [0.25, 0.3) is 0 Å². The maximum atomic E-state index is 6.80. The number of nitrogens with two attached hydrogens (primary N) is 1. The number of rotatable bonds is 9. The minimum absolute atomic E-state index is 0.258. The number of hydrogen-bond donors (Lipinski definition) is 2. The van der Waals surface area contributed by atoms with E-state index in [2.05, 4.69) is 59.8 Å². The molecule has 0 atom stereocenters. The zero-order chi connectivity index (χ0) is 16.4. The quantitative estimate of drug-likeness (QED) is 0.551. The van der Waals surface area contributed by atoms with Crippen molar-refractivity contribution in [2.24, 2.45) is 5.73 Å². The molecule has 2 aromatic rings. The molecule has 2 heteroatoms. The highest BCUT2D eigenvalue weighted by molar-refractivity contribution is 5.22. The Balaban J connectivity index is 2.02. The Kier molecular flexibility index (Phi) is 6.87. The van der Waals surface area contributed by atoms with Crippen molar-refractivity contribution < 1.29 is 0 Å². The molecule has 0 amide bonds. The van der Waals surface area contributed by atoms with E-state index in [9.17, 15) is 0 Å². The third kappa shape index (κ3) is 6.28. The number of hydrogen-bond acceptors (Lipinski definition) is 2. The first-order chi connectivity index (χ1) is 11.2. The van der Waals surface area contributed by atoms with Crippen molar-refractivity contribution in [1.82, 2.24) is 5.32 Å². The molecule has 0 bridgehead atoms. The van der Waals surface area contributed by atoms with Crippen molar-refractivity contribution in [3.05, 3.63) is 71.8 Å². The van der Waals surface area contributed by atoms with Gasteiger partial charge in [0.1, 0.15) is 0 Å². The molecule has 0 aliphatic carbocycles. The Hall–Kier alpha value is -2.08. The van der Waals surface area contributed by atoms with Gasteiger partial charge >= 0.3 is 0 Å². The van der Waals surface area contributed by atoms with Crippen LogP contribution in [-0.2, 0) is 12.8 Å². The van der Waals surface area contributed by atoms with Crippen molar-refractivity contribution in [3.63, 3.8) is 0 Å². The Morgan fingerprint density at radius 3 is 1.87 bits per heavy atom. The molecule has 3 N–H and O–H groups in total. The first-order valence-corrected chi connectivity index (χ1v) is 8.23. The van der Waals surface area contributed by atoms with E-state index in [1.807, 2.05) is 12.1 Å². The Labute approximate surface area is 140 Å². The zero-order valence-electron chi connectivity index (χ0n) is 13.7. The van der Waals surface area contributed by atoms with Crippen molar-refractivity contribution in [1.29, 1.82) is 0 Å². The summed E-state index contributed by atoms with van der Waals surface area (Å²) in [6.07, 6.45) is 8.71. The third-order valence-electron chi connectivity index (χ3n) is 4.04. The van der Waals surface area contributed by atoms with Crippen LogP contribution in [0.2, 0.25) is 0 Å². The molecule has 0 aliphatic heterocycles. The van der Waals surface area contributed by atoms with E-state index in [1.165, 1.54) is 11.1 Å². The second kappa shape index (κ2) is 9.15. The Morgan fingerprint density at radius 1 is 0.870 bits per heavy atom. The van der Waals surface area contributed by atoms with E-state index < -0.39 is 0 Å².